The predicted octanol–water partition coefficient (Wildman–Crippen LogP) is 1.59. The van der Waals surface area contributed by atoms with Gasteiger partial charge < -0.3 is 5.32 Å². The van der Waals surface area contributed by atoms with E-state index in [1.165, 1.54) is 22.0 Å². The number of carbonyl (C=O) groups excluding carboxylic acids is 2. The third-order valence-corrected chi connectivity index (χ3v) is 5.98. The second-order valence-electron chi connectivity index (χ2n) is 8.40. The second-order valence-corrected chi connectivity index (χ2v) is 9.46. The molecule has 1 N–H and O–H groups in total. The van der Waals surface area contributed by atoms with Crippen LogP contribution in [0.25, 0.3) is 12.2 Å². The van der Waals surface area contributed by atoms with Crippen molar-refractivity contribution in [1.82, 2.24) is 14.9 Å². The fraction of sp³-hybridized carbons (Fsp3) is 0.455. The number of Topliss-reactive ketones (excluding diaryl/α,β-unsaturated/α-hetero) is 1. The summed E-state index contributed by atoms with van der Waals surface area (Å²) in [5, 5.41) is 3.01. The van der Waals surface area contributed by atoms with E-state index in [2.05, 4.69) is 10.3 Å². The molecule has 29 heavy (non-hydrogen) atoms. The zero-order valence-electron chi connectivity index (χ0n) is 17.1. The molecule has 6 nitrogen and oxygen atoms in total. The van der Waals surface area contributed by atoms with Crippen LogP contribution in [0.15, 0.2) is 29.2 Å². The molecule has 2 heterocycles. The Morgan fingerprint density at radius 1 is 1.28 bits per heavy atom. The van der Waals surface area contributed by atoms with Crippen LogP contribution in [0, 0.1) is 5.41 Å². The molecule has 3 rings (SSSR count). The number of amides is 1. The minimum atomic E-state index is -0.568. The van der Waals surface area contributed by atoms with E-state index in [0.717, 1.165) is 25.7 Å². The average Bonchev–Trinajstić information content (AvgIpc) is 3.26. The number of aromatic nitrogens is 2. The first-order valence-corrected chi connectivity index (χ1v) is 10.7. The van der Waals surface area contributed by atoms with Crippen LogP contribution >= 0.6 is 11.3 Å². The number of nitrogens with zero attached hydrogens (tertiary/aromatic N) is 2. The number of carbonyl (C=O) groups is 2. The van der Waals surface area contributed by atoms with E-state index in [-0.39, 0.29) is 29.8 Å². The van der Waals surface area contributed by atoms with Gasteiger partial charge >= 0.3 is 0 Å². The fourth-order valence-corrected chi connectivity index (χ4v) is 4.23. The molecule has 0 aromatic carbocycles. The summed E-state index contributed by atoms with van der Waals surface area (Å²) in [7, 11) is 0. The van der Waals surface area contributed by atoms with E-state index in [4.69, 9.17) is 0 Å². The van der Waals surface area contributed by atoms with Gasteiger partial charge in [-0.1, -0.05) is 39.7 Å². The lowest BCUT2D eigenvalue weighted by molar-refractivity contribution is -0.122. The first-order chi connectivity index (χ1) is 13.7. The summed E-state index contributed by atoms with van der Waals surface area (Å²) < 4.78 is 2.33. The Morgan fingerprint density at radius 3 is 2.62 bits per heavy atom. The summed E-state index contributed by atoms with van der Waals surface area (Å²) in [5.74, 6) is -0.285. The molecule has 154 valence electrons. The molecular weight excluding hydrogens is 386 g/mol. The van der Waals surface area contributed by atoms with Gasteiger partial charge in [-0.25, -0.2) is 0 Å². The number of hydrogen-bond acceptors (Lipinski definition) is 5. The van der Waals surface area contributed by atoms with E-state index < -0.39 is 5.41 Å². The van der Waals surface area contributed by atoms with Gasteiger partial charge in [-0.3, -0.25) is 23.9 Å². The maximum absolute atomic E-state index is 13.0. The third-order valence-electron chi connectivity index (χ3n) is 4.92. The summed E-state index contributed by atoms with van der Waals surface area (Å²) in [6.07, 6.45) is 9.01. The Labute approximate surface area is 174 Å². The Morgan fingerprint density at radius 2 is 2.00 bits per heavy atom. The van der Waals surface area contributed by atoms with E-state index in [1.54, 1.807) is 24.4 Å². The molecule has 1 saturated carbocycles. The molecule has 0 aliphatic heterocycles. The van der Waals surface area contributed by atoms with Gasteiger partial charge in [-0.2, -0.15) is 0 Å². The SMILES string of the molecule is CC(C)(C)C(=O)/C=c1\s/c(=C\c2ccccn2)c(=O)n1CC(=O)NC1CCCC1. The zero-order valence-corrected chi connectivity index (χ0v) is 17.9. The quantitative estimate of drug-likeness (QED) is 0.807. The Kier molecular flexibility index (Phi) is 6.47. The molecule has 0 spiro atoms. The van der Waals surface area contributed by atoms with E-state index in [0.29, 0.717) is 14.9 Å². The largest absolute Gasteiger partial charge is 0.352 e. The predicted molar refractivity (Wildman–Crippen MR) is 115 cm³/mol. The van der Waals surface area contributed by atoms with Crippen molar-refractivity contribution < 1.29 is 9.59 Å². The highest BCUT2D eigenvalue weighted by Gasteiger charge is 2.21. The van der Waals surface area contributed by atoms with Crippen molar-refractivity contribution in [2.24, 2.45) is 5.41 Å². The molecule has 7 heteroatoms. The summed E-state index contributed by atoms with van der Waals surface area (Å²) in [5.41, 5.74) is -0.195. The number of thiazole rings is 1. The van der Waals surface area contributed by atoms with Crippen molar-refractivity contribution in [2.75, 3.05) is 0 Å². The van der Waals surface area contributed by atoms with Crippen LogP contribution in [0.5, 0.6) is 0 Å². The van der Waals surface area contributed by atoms with Crippen LogP contribution < -0.4 is 20.1 Å². The second kappa shape index (κ2) is 8.86. The fourth-order valence-electron chi connectivity index (χ4n) is 3.20. The van der Waals surface area contributed by atoms with Gasteiger partial charge in [-0.15, -0.1) is 11.3 Å². The molecule has 0 unspecified atom stereocenters. The normalized spacial score (nSPS) is 16.4. The topological polar surface area (TPSA) is 81.1 Å². The zero-order chi connectivity index (χ0) is 21.0. The minimum absolute atomic E-state index is 0.0897. The summed E-state index contributed by atoms with van der Waals surface area (Å²) in [6, 6.07) is 5.63. The maximum atomic E-state index is 13.0. The lowest BCUT2D eigenvalue weighted by atomic mass is 9.91. The Balaban J connectivity index is 2.01. The van der Waals surface area contributed by atoms with Gasteiger partial charge in [0.1, 0.15) is 11.2 Å². The van der Waals surface area contributed by atoms with E-state index in [1.807, 2.05) is 26.8 Å². The van der Waals surface area contributed by atoms with Crippen molar-refractivity contribution in [2.45, 2.75) is 59.0 Å². The van der Waals surface area contributed by atoms with Crippen LogP contribution in [0.2, 0.25) is 0 Å². The standard InChI is InChI=1S/C22H27N3O3S/c1-22(2,3)18(26)13-20-25(14-19(27)24-15-8-4-5-9-15)21(28)17(29-20)12-16-10-6-7-11-23-16/h6-7,10-13,15H,4-5,8-9,14H2,1-3H3,(H,24,27)/b17-12-,20-13-. The van der Waals surface area contributed by atoms with Crippen LogP contribution in [0.3, 0.4) is 0 Å². The lowest BCUT2D eigenvalue weighted by Gasteiger charge is -2.13. The molecule has 1 aliphatic rings. The molecule has 1 fully saturated rings. The van der Waals surface area contributed by atoms with Crippen LogP contribution in [-0.2, 0) is 16.1 Å². The third kappa shape index (κ3) is 5.50. The Hall–Kier alpha value is -2.54. The lowest BCUT2D eigenvalue weighted by Crippen LogP contribution is -2.41. The van der Waals surface area contributed by atoms with Crippen molar-refractivity contribution in [3.63, 3.8) is 0 Å². The molecule has 1 amide bonds. The molecule has 0 bridgehead atoms. The van der Waals surface area contributed by atoms with Crippen LogP contribution in [0.1, 0.15) is 52.1 Å². The van der Waals surface area contributed by atoms with Crippen LogP contribution in [0.4, 0.5) is 0 Å². The van der Waals surface area contributed by atoms with Crippen molar-refractivity contribution in [3.05, 3.63) is 49.6 Å². The summed E-state index contributed by atoms with van der Waals surface area (Å²) in [4.78, 5) is 42.3. The van der Waals surface area contributed by atoms with Crippen molar-refractivity contribution >= 4 is 35.2 Å². The molecule has 0 atom stereocenters. The smallest absolute Gasteiger partial charge is 0.269 e. The Bertz CT molecular complexity index is 1060. The minimum Gasteiger partial charge on any atom is -0.352 e. The van der Waals surface area contributed by atoms with Gasteiger partial charge in [0.15, 0.2) is 5.78 Å². The number of nitrogens with one attached hydrogen (secondary N) is 1. The molecule has 1 aliphatic carbocycles. The van der Waals surface area contributed by atoms with Crippen LogP contribution in [-0.4, -0.2) is 27.3 Å². The van der Waals surface area contributed by atoms with Gasteiger partial charge in [0, 0.05) is 23.7 Å². The summed E-state index contributed by atoms with van der Waals surface area (Å²) >= 11 is 1.21. The van der Waals surface area contributed by atoms with Gasteiger partial charge in [-0.05, 0) is 31.1 Å². The van der Waals surface area contributed by atoms with Gasteiger partial charge in [0.2, 0.25) is 5.91 Å². The number of rotatable bonds is 5. The molecular formula is C22H27N3O3S. The maximum Gasteiger partial charge on any atom is 0.269 e. The highest BCUT2D eigenvalue weighted by molar-refractivity contribution is 7.07. The highest BCUT2D eigenvalue weighted by Crippen LogP contribution is 2.17. The monoisotopic (exact) mass is 413 g/mol. The first kappa shape index (κ1) is 21.2. The first-order valence-electron chi connectivity index (χ1n) is 9.92. The number of ketones is 1. The number of hydrogen-bond donors (Lipinski definition) is 1. The molecule has 0 saturated heterocycles. The molecule has 0 radical (unpaired) electrons. The number of pyridine rings is 1. The van der Waals surface area contributed by atoms with Gasteiger partial charge in [0.05, 0.1) is 10.2 Å². The highest BCUT2D eigenvalue weighted by atomic mass is 32.1. The summed E-state index contributed by atoms with van der Waals surface area (Å²) in [6.45, 7) is 5.39. The van der Waals surface area contributed by atoms with Crippen molar-refractivity contribution in [1.29, 1.82) is 0 Å². The van der Waals surface area contributed by atoms with E-state index >= 15 is 0 Å². The average molecular weight is 414 g/mol. The molecule has 2 aromatic heterocycles. The van der Waals surface area contributed by atoms with Gasteiger partial charge in [0.25, 0.3) is 5.56 Å². The molecule has 2 aromatic rings. The van der Waals surface area contributed by atoms with Crippen molar-refractivity contribution in [3.8, 4) is 0 Å². The van der Waals surface area contributed by atoms with E-state index in [9.17, 15) is 14.4 Å².